The molecule has 3 rings (SSSR count). The number of nitrogens with zero attached hydrogens (tertiary/aromatic N) is 3. The van der Waals surface area contributed by atoms with Gasteiger partial charge in [0.05, 0.1) is 12.0 Å². The number of benzene rings is 1. The second-order valence-corrected chi connectivity index (χ2v) is 9.61. The summed E-state index contributed by atoms with van der Waals surface area (Å²) in [7, 11) is 0. The topological polar surface area (TPSA) is 67.2 Å². The maximum absolute atomic E-state index is 11.8. The molecule has 0 saturated carbocycles. The van der Waals surface area contributed by atoms with E-state index in [4.69, 9.17) is 0 Å². The van der Waals surface area contributed by atoms with Crippen molar-refractivity contribution in [1.29, 1.82) is 0 Å². The third-order valence-corrected chi connectivity index (χ3v) is 7.19. The van der Waals surface area contributed by atoms with E-state index in [2.05, 4.69) is 51.9 Å². The molecule has 26 heavy (non-hydrogen) atoms. The van der Waals surface area contributed by atoms with E-state index in [-0.39, 0.29) is 11.7 Å². The molecule has 1 N–H and O–H groups in total. The lowest BCUT2D eigenvalue weighted by Crippen LogP contribution is -2.19. The van der Waals surface area contributed by atoms with Gasteiger partial charge >= 0.3 is 0 Å². The Kier molecular flexibility index (Phi) is 7.24. The SMILES string of the molecule is Cc1ccc(CSc2nnc(SCC(=O)N/N=C/c3cccs3)s2)cc1. The smallest absolute Gasteiger partial charge is 0.250 e. The number of thiophene rings is 1. The van der Waals surface area contributed by atoms with Gasteiger partial charge in [-0.1, -0.05) is 70.8 Å². The Morgan fingerprint density at radius 2 is 1.96 bits per heavy atom. The molecule has 0 spiro atoms. The van der Waals surface area contributed by atoms with Crippen LogP contribution in [0.15, 0.2) is 55.6 Å². The van der Waals surface area contributed by atoms with E-state index in [0.29, 0.717) is 0 Å². The van der Waals surface area contributed by atoms with E-state index in [1.807, 2.05) is 17.5 Å². The number of aryl methyl sites for hydroxylation is 1. The molecule has 0 aliphatic rings. The molecule has 0 aliphatic heterocycles. The van der Waals surface area contributed by atoms with Crippen LogP contribution in [0.25, 0.3) is 0 Å². The zero-order valence-corrected chi connectivity index (χ0v) is 17.2. The summed E-state index contributed by atoms with van der Waals surface area (Å²) in [5.41, 5.74) is 5.03. The molecule has 3 aromatic rings. The van der Waals surface area contributed by atoms with E-state index < -0.39 is 0 Å². The second kappa shape index (κ2) is 9.86. The van der Waals surface area contributed by atoms with Gasteiger partial charge in [-0.05, 0) is 23.9 Å². The Balaban J connectivity index is 1.40. The van der Waals surface area contributed by atoms with Gasteiger partial charge in [-0.3, -0.25) is 4.79 Å². The highest BCUT2D eigenvalue weighted by atomic mass is 32.2. The lowest BCUT2D eigenvalue weighted by atomic mass is 10.2. The maximum Gasteiger partial charge on any atom is 0.250 e. The van der Waals surface area contributed by atoms with Crippen LogP contribution in [0.4, 0.5) is 0 Å². The third kappa shape index (κ3) is 6.24. The van der Waals surface area contributed by atoms with Gasteiger partial charge in [0.25, 0.3) is 5.91 Å². The van der Waals surface area contributed by atoms with E-state index in [1.54, 1.807) is 29.3 Å². The largest absolute Gasteiger partial charge is 0.272 e. The number of nitrogens with one attached hydrogen (secondary N) is 1. The number of hydrazone groups is 1. The first kappa shape index (κ1) is 19.1. The van der Waals surface area contributed by atoms with Gasteiger partial charge in [0.2, 0.25) is 0 Å². The van der Waals surface area contributed by atoms with E-state index >= 15 is 0 Å². The number of aromatic nitrogens is 2. The highest BCUT2D eigenvalue weighted by Gasteiger charge is 2.08. The fourth-order valence-electron chi connectivity index (χ4n) is 1.84. The molecule has 0 saturated heterocycles. The molecule has 2 heterocycles. The van der Waals surface area contributed by atoms with Gasteiger partial charge in [-0.2, -0.15) is 5.10 Å². The highest BCUT2D eigenvalue weighted by Crippen LogP contribution is 2.30. The van der Waals surface area contributed by atoms with Gasteiger partial charge in [-0.15, -0.1) is 21.5 Å². The highest BCUT2D eigenvalue weighted by molar-refractivity contribution is 8.03. The Morgan fingerprint density at radius 1 is 1.19 bits per heavy atom. The van der Waals surface area contributed by atoms with Crippen molar-refractivity contribution in [3.8, 4) is 0 Å². The van der Waals surface area contributed by atoms with Crippen LogP contribution in [0.5, 0.6) is 0 Å². The van der Waals surface area contributed by atoms with Gasteiger partial charge < -0.3 is 0 Å². The molecule has 0 atom stereocenters. The summed E-state index contributed by atoms with van der Waals surface area (Å²) in [6, 6.07) is 12.3. The van der Waals surface area contributed by atoms with Gasteiger partial charge in [0.1, 0.15) is 0 Å². The minimum absolute atomic E-state index is 0.160. The van der Waals surface area contributed by atoms with E-state index in [9.17, 15) is 4.79 Å². The van der Waals surface area contributed by atoms with Crippen molar-refractivity contribution in [3.05, 3.63) is 57.8 Å². The summed E-state index contributed by atoms with van der Waals surface area (Å²) in [6.07, 6.45) is 1.64. The molecule has 0 unspecified atom stereocenters. The molecule has 0 bridgehead atoms. The van der Waals surface area contributed by atoms with Gasteiger partial charge in [-0.25, -0.2) is 5.43 Å². The first-order chi connectivity index (χ1) is 12.7. The van der Waals surface area contributed by atoms with Crippen LogP contribution in [0.1, 0.15) is 16.0 Å². The normalized spacial score (nSPS) is 11.1. The third-order valence-electron chi connectivity index (χ3n) is 3.12. The number of hydrogen-bond acceptors (Lipinski definition) is 8. The predicted molar refractivity (Wildman–Crippen MR) is 111 cm³/mol. The lowest BCUT2D eigenvalue weighted by Gasteiger charge is -1.99. The monoisotopic (exact) mass is 420 g/mol. The van der Waals surface area contributed by atoms with Crippen LogP contribution in [-0.4, -0.2) is 28.1 Å². The first-order valence-corrected chi connectivity index (χ1v) is 11.4. The summed E-state index contributed by atoms with van der Waals surface area (Å²) in [5.74, 6) is 0.961. The zero-order chi connectivity index (χ0) is 18.2. The van der Waals surface area contributed by atoms with Crippen LogP contribution in [0.2, 0.25) is 0 Å². The fraction of sp³-hybridized carbons (Fsp3) is 0.176. The van der Waals surface area contributed by atoms with Crippen molar-refractivity contribution < 1.29 is 4.79 Å². The molecule has 134 valence electrons. The van der Waals surface area contributed by atoms with E-state index in [1.165, 1.54) is 34.2 Å². The Bertz CT molecular complexity index is 859. The van der Waals surface area contributed by atoms with Crippen molar-refractivity contribution in [2.24, 2.45) is 5.10 Å². The minimum atomic E-state index is -0.160. The molecular formula is C17H16N4OS4. The molecule has 0 fully saturated rings. The molecule has 9 heteroatoms. The van der Waals surface area contributed by atoms with Crippen molar-refractivity contribution in [1.82, 2.24) is 15.6 Å². The molecule has 0 aliphatic carbocycles. The summed E-state index contributed by atoms with van der Waals surface area (Å²) in [5, 5.41) is 14.2. The quantitative estimate of drug-likeness (QED) is 0.331. The molecular weight excluding hydrogens is 404 g/mol. The molecule has 0 radical (unpaired) electrons. The number of carbonyl (C=O) groups is 1. The lowest BCUT2D eigenvalue weighted by molar-refractivity contribution is -0.118. The Hall–Kier alpha value is -1.68. The van der Waals surface area contributed by atoms with Crippen LogP contribution >= 0.6 is 46.2 Å². The number of amides is 1. The summed E-state index contributed by atoms with van der Waals surface area (Å²) in [6.45, 7) is 2.08. The molecule has 2 aromatic heterocycles. The summed E-state index contributed by atoms with van der Waals surface area (Å²) >= 11 is 6.10. The van der Waals surface area contributed by atoms with Crippen LogP contribution in [0.3, 0.4) is 0 Å². The Morgan fingerprint density at radius 3 is 2.69 bits per heavy atom. The summed E-state index contributed by atoms with van der Waals surface area (Å²) < 4.78 is 1.69. The predicted octanol–water partition coefficient (Wildman–Crippen LogP) is 4.44. The number of rotatable bonds is 8. The van der Waals surface area contributed by atoms with Crippen molar-refractivity contribution in [3.63, 3.8) is 0 Å². The van der Waals surface area contributed by atoms with Crippen molar-refractivity contribution >= 4 is 58.3 Å². The average Bonchev–Trinajstić information content (AvgIpc) is 3.31. The molecule has 1 amide bonds. The minimum Gasteiger partial charge on any atom is -0.272 e. The first-order valence-electron chi connectivity index (χ1n) is 7.69. The number of carbonyl (C=O) groups excluding carboxylic acids is 1. The van der Waals surface area contributed by atoms with E-state index in [0.717, 1.165) is 19.3 Å². The fourth-order valence-corrected chi connectivity index (χ4v) is 5.19. The maximum atomic E-state index is 11.8. The van der Waals surface area contributed by atoms with Gasteiger partial charge in [0.15, 0.2) is 8.68 Å². The molecule has 5 nitrogen and oxygen atoms in total. The van der Waals surface area contributed by atoms with Gasteiger partial charge in [0, 0.05) is 10.6 Å². The number of hydrogen-bond donors (Lipinski definition) is 1. The standard InChI is InChI=1S/C17H16N4OS4/c1-12-4-6-13(7-5-12)10-24-16-20-21-17(26-16)25-11-15(22)19-18-9-14-3-2-8-23-14/h2-9H,10-11H2,1H3,(H,19,22)/b18-9+. The van der Waals surface area contributed by atoms with Crippen LogP contribution in [-0.2, 0) is 10.5 Å². The Labute approximate surface area is 168 Å². The average molecular weight is 421 g/mol. The van der Waals surface area contributed by atoms with Crippen molar-refractivity contribution in [2.75, 3.05) is 5.75 Å². The van der Waals surface area contributed by atoms with Crippen LogP contribution < -0.4 is 5.43 Å². The molecule has 1 aromatic carbocycles. The number of thioether (sulfide) groups is 2. The van der Waals surface area contributed by atoms with Crippen LogP contribution in [0, 0.1) is 6.92 Å². The zero-order valence-electron chi connectivity index (χ0n) is 13.9. The summed E-state index contributed by atoms with van der Waals surface area (Å²) in [4.78, 5) is 12.8. The van der Waals surface area contributed by atoms with Crippen molar-refractivity contribution in [2.45, 2.75) is 21.4 Å². The second-order valence-electron chi connectivity index (χ2n) is 5.21.